The first kappa shape index (κ1) is 15.2. The molecule has 3 aromatic rings. The molecule has 1 N–H and O–H groups in total. The van der Waals surface area contributed by atoms with Crippen molar-refractivity contribution in [2.24, 2.45) is 0 Å². The molecule has 0 bridgehead atoms. The molecular formula is C18H19N3O2. The van der Waals surface area contributed by atoms with Gasteiger partial charge in [-0.15, -0.1) is 5.10 Å². The van der Waals surface area contributed by atoms with Crippen molar-refractivity contribution in [2.75, 3.05) is 7.11 Å². The molecule has 0 fully saturated rings. The van der Waals surface area contributed by atoms with Gasteiger partial charge in [0.05, 0.1) is 19.4 Å². The first-order chi connectivity index (χ1) is 11.1. The molecule has 0 aliphatic heterocycles. The normalized spacial score (nSPS) is 10.8. The van der Waals surface area contributed by atoms with Crippen LogP contribution in [0.5, 0.6) is 5.75 Å². The summed E-state index contributed by atoms with van der Waals surface area (Å²) < 4.78 is 6.98. The first-order valence-corrected chi connectivity index (χ1v) is 7.41. The monoisotopic (exact) mass is 309 g/mol. The Kier molecular flexibility index (Phi) is 4.12. The molecule has 0 saturated carbocycles. The zero-order valence-electron chi connectivity index (χ0n) is 13.4. The topological polar surface area (TPSA) is 60.2 Å². The number of aromatic nitrogens is 3. The Morgan fingerprint density at radius 1 is 1.09 bits per heavy atom. The standard InChI is InChI=1S/C18H19N3O2/c1-12-4-9-17(13(2)10-12)21-18(16(11-22)19-20-21)14-5-7-15(23-3)8-6-14/h4-10,22H,11H2,1-3H3. The number of hydrogen-bond acceptors (Lipinski definition) is 4. The average molecular weight is 309 g/mol. The predicted octanol–water partition coefficient (Wildman–Crippen LogP) is 3.05. The number of aryl methyl sites for hydroxylation is 2. The lowest BCUT2D eigenvalue weighted by Gasteiger charge is -2.11. The molecule has 0 unspecified atom stereocenters. The fraction of sp³-hybridized carbons (Fsp3) is 0.222. The summed E-state index contributed by atoms with van der Waals surface area (Å²) in [6, 6.07) is 13.8. The first-order valence-electron chi connectivity index (χ1n) is 7.41. The molecule has 0 atom stereocenters. The Hall–Kier alpha value is -2.66. The van der Waals surface area contributed by atoms with E-state index in [1.807, 2.05) is 43.3 Å². The van der Waals surface area contributed by atoms with E-state index in [9.17, 15) is 5.11 Å². The number of ether oxygens (including phenoxy) is 1. The van der Waals surface area contributed by atoms with Crippen molar-refractivity contribution in [1.29, 1.82) is 0 Å². The second kappa shape index (κ2) is 6.22. The quantitative estimate of drug-likeness (QED) is 0.804. The molecule has 1 heterocycles. The van der Waals surface area contributed by atoms with E-state index in [2.05, 4.69) is 23.3 Å². The Labute approximate surface area is 135 Å². The number of aliphatic hydroxyl groups excluding tert-OH is 1. The molecule has 0 aliphatic rings. The van der Waals surface area contributed by atoms with Crippen LogP contribution in [0.3, 0.4) is 0 Å². The van der Waals surface area contributed by atoms with Crippen molar-refractivity contribution in [3.63, 3.8) is 0 Å². The van der Waals surface area contributed by atoms with E-state index in [1.54, 1.807) is 11.8 Å². The lowest BCUT2D eigenvalue weighted by Crippen LogP contribution is -2.02. The Balaban J connectivity index is 2.17. The fourth-order valence-electron chi connectivity index (χ4n) is 2.67. The minimum atomic E-state index is -0.160. The van der Waals surface area contributed by atoms with Crippen LogP contribution in [0, 0.1) is 13.8 Å². The van der Waals surface area contributed by atoms with E-state index < -0.39 is 0 Å². The summed E-state index contributed by atoms with van der Waals surface area (Å²) in [5.74, 6) is 0.782. The average Bonchev–Trinajstić information content (AvgIpc) is 2.98. The molecule has 5 heteroatoms. The van der Waals surface area contributed by atoms with Crippen molar-refractivity contribution in [2.45, 2.75) is 20.5 Å². The number of benzene rings is 2. The number of nitrogens with zero attached hydrogens (tertiary/aromatic N) is 3. The lowest BCUT2D eigenvalue weighted by atomic mass is 10.1. The van der Waals surface area contributed by atoms with Crippen molar-refractivity contribution in [3.05, 3.63) is 59.3 Å². The maximum absolute atomic E-state index is 9.61. The van der Waals surface area contributed by atoms with Crippen molar-refractivity contribution >= 4 is 0 Å². The summed E-state index contributed by atoms with van der Waals surface area (Å²) in [5.41, 5.74) is 5.53. The third kappa shape index (κ3) is 2.83. The molecule has 0 radical (unpaired) electrons. The molecule has 5 nitrogen and oxygen atoms in total. The third-order valence-corrected chi connectivity index (χ3v) is 3.83. The maximum atomic E-state index is 9.61. The lowest BCUT2D eigenvalue weighted by molar-refractivity contribution is 0.277. The van der Waals surface area contributed by atoms with Gasteiger partial charge < -0.3 is 9.84 Å². The van der Waals surface area contributed by atoms with Gasteiger partial charge in [-0.1, -0.05) is 22.9 Å². The van der Waals surface area contributed by atoms with Crippen LogP contribution in [0.1, 0.15) is 16.8 Å². The predicted molar refractivity (Wildman–Crippen MR) is 88.7 cm³/mol. The largest absolute Gasteiger partial charge is 0.497 e. The van der Waals surface area contributed by atoms with Crippen molar-refractivity contribution < 1.29 is 9.84 Å². The van der Waals surface area contributed by atoms with Gasteiger partial charge in [0.15, 0.2) is 0 Å². The highest BCUT2D eigenvalue weighted by Crippen LogP contribution is 2.28. The van der Waals surface area contributed by atoms with Crippen molar-refractivity contribution in [1.82, 2.24) is 15.0 Å². The number of hydrogen-bond donors (Lipinski definition) is 1. The zero-order chi connectivity index (χ0) is 16.4. The molecule has 0 aliphatic carbocycles. The zero-order valence-corrected chi connectivity index (χ0v) is 13.4. The van der Waals surface area contributed by atoms with Crippen LogP contribution in [0.2, 0.25) is 0 Å². The van der Waals surface area contributed by atoms with Gasteiger partial charge >= 0.3 is 0 Å². The second-order valence-electron chi connectivity index (χ2n) is 5.47. The summed E-state index contributed by atoms with van der Waals surface area (Å²) in [6.45, 7) is 3.94. The van der Waals surface area contributed by atoms with Gasteiger partial charge in [0.1, 0.15) is 17.1 Å². The van der Waals surface area contributed by atoms with Crippen LogP contribution in [0.15, 0.2) is 42.5 Å². The van der Waals surface area contributed by atoms with Crippen LogP contribution in [0.4, 0.5) is 0 Å². The highest BCUT2D eigenvalue weighted by atomic mass is 16.5. The third-order valence-electron chi connectivity index (χ3n) is 3.83. The molecule has 118 valence electrons. The Bertz CT molecular complexity index is 823. The van der Waals surface area contributed by atoms with E-state index >= 15 is 0 Å². The van der Waals surface area contributed by atoms with Crippen molar-refractivity contribution in [3.8, 4) is 22.7 Å². The van der Waals surface area contributed by atoms with E-state index in [0.717, 1.165) is 28.3 Å². The Morgan fingerprint density at radius 2 is 1.83 bits per heavy atom. The van der Waals surface area contributed by atoms with Gasteiger partial charge in [0.25, 0.3) is 0 Å². The maximum Gasteiger partial charge on any atom is 0.118 e. The van der Waals surface area contributed by atoms with Gasteiger partial charge in [-0.3, -0.25) is 0 Å². The summed E-state index contributed by atoms with van der Waals surface area (Å²) in [7, 11) is 1.63. The summed E-state index contributed by atoms with van der Waals surface area (Å²) in [6.07, 6.45) is 0. The van der Waals surface area contributed by atoms with Gasteiger partial charge in [-0.25, -0.2) is 4.68 Å². The SMILES string of the molecule is COc1ccc(-c2c(CO)nnn2-c2ccc(C)cc2C)cc1. The summed E-state index contributed by atoms with van der Waals surface area (Å²) >= 11 is 0. The summed E-state index contributed by atoms with van der Waals surface area (Å²) in [4.78, 5) is 0. The van der Waals surface area contributed by atoms with Gasteiger partial charge in [0.2, 0.25) is 0 Å². The fourth-order valence-corrected chi connectivity index (χ4v) is 2.67. The molecule has 2 aromatic carbocycles. The van der Waals surface area contributed by atoms with E-state index in [4.69, 9.17) is 4.74 Å². The van der Waals surface area contributed by atoms with Crippen LogP contribution in [0.25, 0.3) is 16.9 Å². The number of aliphatic hydroxyl groups is 1. The minimum absolute atomic E-state index is 0.160. The van der Waals surface area contributed by atoms with Crippen LogP contribution >= 0.6 is 0 Å². The molecule has 3 rings (SSSR count). The van der Waals surface area contributed by atoms with Gasteiger partial charge in [0, 0.05) is 5.56 Å². The Morgan fingerprint density at radius 3 is 2.43 bits per heavy atom. The smallest absolute Gasteiger partial charge is 0.118 e. The molecule has 1 aromatic heterocycles. The highest BCUT2D eigenvalue weighted by Gasteiger charge is 2.17. The highest BCUT2D eigenvalue weighted by molar-refractivity contribution is 5.65. The number of rotatable bonds is 4. The van der Waals surface area contributed by atoms with Gasteiger partial charge in [-0.05, 0) is 49.7 Å². The van der Waals surface area contributed by atoms with Crippen LogP contribution in [-0.2, 0) is 6.61 Å². The van der Waals surface area contributed by atoms with E-state index in [0.29, 0.717) is 5.69 Å². The summed E-state index contributed by atoms with van der Waals surface area (Å²) in [5, 5.41) is 18.0. The molecule has 0 saturated heterocycles. The molecular weight excluding hydrogens is 290 g/mol. The van der Waals surface area contributed by atoms with E-state index in [-0.39, 0.29) is 6.61 Å². The van der Waals surface area contributed by atoms with Crippen LogP contribution < -0.4 is 4.74 Å². The molecule has 23 heavy (non-hydrogen) atoms. The minimum Gasteiger partial charge on any atom is -0.497 e. The molecule has 0 amide bonds. The van der Waals surface area contributed by atoms with Gasteiger partial charge in [-0.2, -0.15) is 0 Å². The van der Waals surface area contributed by atoms with E-state index in [1.165, 1.54) is 5.56 Å². The van der Waals surface area contributed by atoms with Crippen LogP contribution in [-0.4, -0.2) is 27.2 Å². The molecule has 0 spiro atoms. The number of methoxy groups -OCH3 is 1. The second-order valence-corrected chi connectivity index (χ2v) is 5.47.